The number of hydrogen-bond acceptors (Lipinski definition) is 4. The molecule has 0 saturated carbocycles. The van der Waals surface area contributed by atoms with E-state index in [1.165, 1.54) is 0 Å². The lowest BCUT2D eigenvalue weighted by Gasteiger charge is -2.05. The molecule has 0 aliphatic rings. The van der Waals surface area contributed by atoms with Crippen LogP contribution in [0.3, 0.4) is 0 Å². The van der Waals surface area contributed by atoms with Crippen molar-refractivity contribution in [1.29, 1.82) is 0 Å². The van der Waals surface area contributed by atoms with Gasteiger partial charge in [0, 0.05) is 5.38 Å². The molecule has 0 unspecified atom stereocenters. The van der Waals surface area contributed by atoms with Crippen molar-refractivity contribution in [2.24, 2.45) is 0 Å². The summed E-state index contributed by atoms with van der Waals surface area (Å²) >= 11 is 3.29. The van der Waals surface area contributed by atoms with Gasteiger partial charge in [-0.15, -0.1) is 11.3 Å². The van der Waals surface area contributed by atoms with E-state index in [4.69, 9.17) is 9.84 Å². The predicted molar refractivity (Wildman–Crippen MR) is 72.6 cm³/mol. The smallest absolute Gasteiger partial charge is 0.365 e. The molecule has 0 aliphatic heterocycles. The van der Waals surface area contributed by atoms with Crippen molar-refractivity contribution < 1.29 is 14.6 Å². The Morgan fingerprint density at radius 2 is 2.24 bits per heavy atom. The van der Waals surface area contributed by atoms with Crippen molar-refractivity contribution in [3.63, 3.8) is 0 Å². The number of halogens is 1. The van der Waals surface area contributed by atoms with Crippen LogP contribution in [0.25, 0.3) is 0 Å². The third-order valence-corrected chi connectivity index (χ3v) is 3.72. The molecule has 0 bridgehead atoms. The van der Waals surface area contributed by atoms with Crippen molar-refractivity contribution >= 4 is 39.9 Å². The van der Waals surface area contributed by atoms with E-state index < -0.39 is 5.97 Å². The highest BCUT2D eigenvalue weighted by Gasteiger charge is 2.09. The predicted octanol–water partition coefficient (Wildman–Crippen LogP) is 3.02. The lowest BCUT2D eigenvalue weighted by atomic mass is 10.3. The molecule has 17 heavy (non-hydrogen) atoms. The van der Waals surface area contributed by atoms with Crippen LogP contribution in [0.15, 0.2) is 29.6 Å². The highest BCUT2D eigenvalue weighted by atomic mass is 127. The minimum Gasteiger partial charge on any atom is -0.486 e. The van der Waals surface area contributed by atoms with Crippen LogP contribution < -0.4 is 4.74 Å². The molecule has 2 aromatic rings. The number of benzene rings is 1. The molecule has 0 spiro atoms. The number of rotatable bonds is 4. The Labute approximate surface area is 115 Å². The van der Waals surface area contributed by atoms with E-state index in [0.717, 1.165) is 20.7 Å². The fraction of sp³-hybridized carbons (Fsp3) is 0.0909. The number of carboxylic acid groups (broad SMARTS) is 1. The normalized spacial score (nSPS) is 10.2. The average molecular weight is 361 g/mol. The van der Waals surface area contributed by atoms with Crippen molar-refractivity contribution in [3.8, 4) is 5.75 Å². The van der Waals surface area contributed by atoms with Gasteiger partial charge >= 0.3 is 5.97 Å². The SMILES string of the molecule is O=C(O)c1nc(COc2ccccc2I)cs1. The Hall–Kier alpha value is -1.15. The van der Waals surface area contributed by atoms with E-state index in [2.05, 4.69) is 27.6 Å². The Bertz CT molecular complexity index is 541. The van der Waals surface area contributed by atoms with Crippen molar-refractivity contribution in [3.05, 3.63) is 43.9 Å². The van der Waals surface area contributed by atoms with E-state index in [1.54, 1.807) is 5.38 Å². The number of aromatic nitrogens is 1. The summed E-state index contributed by atoms with van der Waals surface area (Å²) in [5.74, 6) is -0.228. The molecule has 1 N–H and O–H groups in total. The second-order valence-electron chi connectivity index (χ2n) is 3.17. The molecule has 0 radical (unpaired) electrons. The lowest BCUT2D eigenvalue weighted by molar-refractivity contribution is 0.0696. The molecule has 0 saturated heterocycles. The molecule has 6 heteroatoms. The van der Waals surface area contributed by atoms with E-state index in [0.29, 0.717) is 5.69 Å². The largest absolute Gasteiger partial charge is 0.486 e. The summed E-state index contributed by atoms with van der Waals surface area (Å²) in [6, 6.07) is 7.63. The third kappa shape index (κ3) is 3.16. The highest BCUT2D eigenvalue weighted by Crippen LogP contribution is 2.21. The molecule has 2 rings (SSSR count). The number of aromatic carboxylic acids is 1. The van der Waals surface area contributed by atoms with Crippen LogP contribution in [-0.2, 0) is 6.61 Å². The van der Waals surface area contributed by atoms with Crippen LogP contribution in [0.2, 0.25) is 0 Å². The van der Waals surface area contributed by atoms with Crippen LogP contribution in [0, 0.1) is 3.57 Å². The number of nitrogens with zero attached hydrogens (tertiary/aromatic N) is 1. The zero-order valence-electron chi connectivity index (χ0n) is 8.59. The first-order valence-electron chi connectivity index (χ1n) is 4.72. The number of ether oxygens (including phenoxy) is 1. The summed E-state index contributed by atoms with van der Waals surface area (Å²) in [6.07, 6.45) is 0. The summed E-state index contributed by atoms with van der Waals surface area (Å²) < 4.78 is 6.57. The molecule has 0 aliphatic carbocycles. The van der Waals surface area contributed by atoms with Gasteiger partial charge in [0.05, 0.1) is 9.26 Å². The van der Waals surface area contributed by atoms with Crippen LogP contribution in [0.1, 0.15) is 15.5 Å². The Balaban J connectivity index is 2.02. The van der Waals surface area contributed by atoms with Gasteiger partial charge in [0.1, 0.15) is 12.4 Å². The number of para-hydroxylation sites is 1. The Morgan fingerprint density at radius 3 is 2.88 bits per heavy atom. The summed E-state index contributed by atoms with van der Waals surface area (Å²) in [4.78, 5) is 14.6. The first kappa shape index (κ1) is 12.3. The van der Waals surface area contributed by atoms with Crippen molar-refractivity contribution in [1.82, 2.24) is 4.98 Å². The summed E-state index contributed by atoms with van der Waals surface area (Å²) in [5, 5.41) is 10.5. The number of carboxylic acids is 1. The van der Waals surface area contributed by atoms with Gasteiger partial charge < -0.3 is 9.84 Å². The van der Waals surface area contributed by atoms with Crippen molar-refractivity contribution in [2.75, 3.05) is 0 Å². The van der Waals surface area contributed by atoms with Crippen LogP contribution in [0.4, 0.5) is 0 Å². The van der Waals surface area contributed by atoms with E-state index in [-0.39, 0.29) is 11.6 Å². The Morgan fingerprint density at radius 1 is 1.47 bits per heavy atom. The lowest BCUT2D eigenvalue weighted by Crippen LogP contribution is -1.99. The molecule has 4 nitrogen and oxygen atoms in total. The summed E-state index contributed by atoms with van der Waals surface area (Å²) in [6.45, 7) is 0.282. The second kappa shape index (κ2) is 5.46. The molecule has 0 amide bonds. The maximum absolute atomic E-state index is 10.6. The number of thiazole rings is 1. The molecular weight excluding hydrogens is 353 g/mol. The molecule has 0 atom stereocenters. The minimum absolute atomic E-state index is 0.0892. The minimum atomic E-state index is -1.00. The van der Waals surface area contributed by atoms with Gasteiger partial charge in [0.15, 0.2) is 0 Å². The van der Waals surface area contributed by atoms with Gasteiger partial charge in [0.2, 0.25) is 5.01 Å². The first-order valence-corrected chi connectivity index (χ1v) is 6.67. The molecule has 1 heterocycles. The van der Waals surface area contributed by atoms with Gasteiger partial charge in [-0.25, -0.2) is 9.78 Å². The fourth-order valence-electron chi connectivity index (χ4n) is 1.18. The zero-order chi connectivity index (χ0) is 12.3. The first-order chi connectivity index (χ1) is 8.16. The maximum atomic E-state index is 10.6. The molecular formula is C11H8INO3S. The topological polar surface area (TPSA) is 59.4 Å². The van der Waals surface area contributed by atoms with E-state index in [9.17, 15) is 4.79 Å². The number of hydrogen-bond donors (Lipinski definition) is 1. The van der Waals surface area contributed by atoms with Gasteiger partial charge in [-0.1, -0.05) is 12.1 Å². The monoisotopic (exact) mass is 361 g/mol. The average Bonchev–Trinajstić information content (AvgIpc) is 2.77. The van der Waals surface area contributed by atoms with Gasteiger partial charge in [-0.3, -0.25) is 0 Å². The van der Waals surface area contributed by atoms with Crippen molar-refractivity contribution in [2.45, 2.75) is 6.61 Å². The molecule has 1 aromatic carbocycles. The number of carbonyl (C=O) groups is 1. The molecule has 88 valence electrons. The highest BCUT2D eigenvalue weighted by molar-refractivity contribution is 14.1. The van der Waals surface area contributed by atoms with Gasteiger partial charge in [0.25, 0.3) is 0 Å². The van der Waals surface area contributed by atoms with Crippen LogP contribution in [-0.4, -0.2) is 16.1 Å². The Kier molecular flexibility index (Phi) is 3.95. The zero-order valence-corrected chi connectivity index (χ0v) is 11.6. The molecule has 1 aromatic heterocycles. The second-order valence-corrected chi connectivity index (χ2v) is 5.19. The van der Waals surface area contributed by atoms with Gasteiger partial charge in [-0.2, -0.15) is 0 Å². The van der Waals surface area contributed by atoms with Crippen LogP contribution in [0.5, 0.6) is 5.75 Å². The maximum Gasteiger partial charge on any atom is 0.365 e. The standard InChI is InChI=1S/C11H8INO3S/c12-8-3-1-2-4-9(8)16-5-7-6-17-10(13-7)11(14)15/h1-4,6H,5H2,(H,14,15). The fourth-order valence-corrected chi connectivity index (χ4v) is 2.37. The summed E-state index contributed by atoms with van der Waals surface area (Å²) in [7, 11) is 0. The van der Waals surface area contributed by atoms with Crippen LogP contribution >= 0.6 is 33.9 Å². The third-order valence-electron chi connectivity index (χ3n) is 1.95. The van der Waals surface area contributed by atoms with E-state index in [1.807, 2.05) is 24.3 Å². The van der Waals surface area contributed by atoms with Gasteiger partial charge in [-0.05, 0) is 34.7 Å². The van der Waals surface area contributed by atoms with E-state index >= 15 is 0 Å². The molecule has 0 fully saturated rings. The quantitative estimate of drug-likeness (QED) is 0.851. The summed E-state index contributed by atoms with van der Waals surface area (Å²) in [5.41, 5.74) is 0.632.